The molecule has 1 saturated heterocycles. The minimum atomic E-state index is 0.377. The van der Waals surface area contributed by atoms with E-state index < -0.39 is 0 Å². The van der Waals surface area contributed by atoms with Gasteiger partial charge >= 0.3 is 0 Å². The van der Waals surface area contributed by atoms with Crippen LogP contribution in [-0.2, 0) is 0 Å². The summed E-state index contributed by atoms with van der Waals surface area (Å²) in [5.74, 6) is 0.859. The third-order valence-electron chi connectivity index (χ3n) is 4.82. The standard InChI is InChI=1S/C15H32N2/c1-6-13(4)11-14(5)17-10-9-16-15(7-2,8-3)12-17/h13-14,16H,6-12H2,1-5H3. The molecule has 0 aromatic carbocycles. The van der Waals surface area contributed by atoms with Gasteiger partial charge in [0.1, 0.15) is 0 Å². The van der Waals surface area contributed by atoms with Crippen LogP contribution in [0.2, 0.25) is 0 Å². The lowest BCUT2D eigenvalue weighted by Gasteiger charge is -2.45. The van der Waals surface area contributed by atoms with Crippen molar-refractivity contribution in [2.24, 2.45) is 5.92 Å². The van der Waals surface area contributed by atoms with Crippen molar-refractivity contribution in [1.82, 2.24) is 10.2 Å². The predicted molar refractivity (Wildman–Crippen MR) is 76.4 cm³/mol. The van der Waals surface area contributed by atoms with Gasteiger partial charge in [-0.05, 0) is 32.1 Å². The van der Waals surface area contributed by atoms with E-state index in [1.165, 1.54) is 38.8 Å². The highest BCUT2D eigenvalue weighted by Crippen LogP contribution is 2.23. The number of nitrogens with one attached hydrogen (secondary N) is 1. The molecule has 0 radical (unpaired) electrons. The van der Waals surface area contributed by atoms with E-state index >= 15 is 0 Å². The molecule has 0 aromatic heterocycles. The Labute approximate surface area is 108 Å². The molecule has 0 spiro atoms. The number of rotatable bonds is 6. The molecule has 1 heterocycles. The van der Waals surface area contributed by atoms with Crippen LogP contribution in [0.1, 0.15) is 60.3 Å². The normalized spacial score (nSPS) is 24.5. The molecule has 0 aliphatic carbocycles. The van der Waals surface area contributed by atoms with Crippen LogP contribution in [0, 0.1) is 5.92 Å². The van der Waals surface area contributed by atoms with E-state index in [0.29, 0.717) is 5.54 Å². The smallest absolute Gasteiger partial charge is 0.0304 e. The lowest BCUT2D eigenvalue weighted by Crippen LogP contribution is -2.61. The maximum atomic E-state index is 3.74. The van der Waals surface area contributed by atoms with Crippen molar-refractivity contribution >= 4 is 0 Å². The molecule has 1 aliphatic heterocycles. The van der Waals surface area contributed by atoms with Gasteiger partial charge in [-0.2, -0.15) is 0 Å². The Morgan fingerprint density at radius 1 is 1.18 bits per heavy atom. The molecular formula is C15H32N2. The molecule has 2 unspecified atom stereocenters. The van der Waals surface area contributed by atoms with Gasteiger partial charge < -0.3 is 5.32 Å². The summed E-state index contributed by atoms with van der Waals surface area (Å²) in [6.45, 7) is 15.3. The van der Waals surface area contributed by atoms with Gasteiger partial charge in [0.25, 0.3) is 0 Å². The van der Waals surface area contributed by atoms with Crippen LogP contribution in [0.5, 0.6) is 0 Å². The van der Waals surface area contributed by atoms with Crippen molar-refractivity contribution in [1.29, 1.82) is 0 Å². The molecule has 0 amide bonds. The first-order chi connectivity index (χ1) is 8.06. The summed E-state index contributed by atoms with van der Waals surface area (Å²) in [6, 6.07) is 0.740. The van der Waals surface area contributed by atoms with Crippen LogP contribution in [0.15, 0.2) is 0 Å². The number of hydrogen-bond donors (Lipinski definition) is 1. The molecule has 17 heavy (non-hydrogen) atoms. The first-order valence-electron chi connectivity index (χ1n) is 7.56. The molecule has 2 nitrogen and oxygen atoms in total. The van der Waals surface area contributed by atoms with Crippen molar-refractivity contribution in [3.63, 3.8) is 0 Å². The van der Waals surface area contributed by atoms with Crippen LogP contribution in [0.25, 0.3) is 0 Å². The van der Waals surface area contributed by atoms with E-state index in [1.807, 2.05) is 0 Å². The maximum absolute atomic E-state index is 3.74. The van der Waals surface area contributed by atoms with E-state index in [2.05, 4.69) is 44.8 Å². The maximum Gasteiger partial charge on any atom is 0.0304 e. The Hall–Kier alpha value is -0.0800. The molecule has 1 rings (SSSR count). The molecule has 2 heteroatoms. The molecule has 0 bridgehead atoms. The molecule has 102 valence electrons. The lowest BCUT2D eigenvalue weighted by atomic mass is 9.88. The summed E-state index contributed by atoms with van der Waals surface area (Å²) >= 11 is 0. The minimum absolute atomic E-state index is 0.377. The Kier molecular flexibility index (Phi) is 5.94. The fraction of sp³-hybridized carbons (Fsp3) is 1.00. The van der Waals surface area contributed by atoms with Crippen LogP contribution in [0.3, 0.4) is 0 Å². The van der Waals surface area contributed by atoms with E-state index in [0.717, 1.165) is 18.5 Å². The van der Waals surface area contributed by atoms with Crippen LogP contribution < -0.4 is 5.32 Å². The molecular weight excluding hydrogens is 208 g/mol. The summed E-state index contributed by atoms with van der Waals surface area (Å²) in [4.78, 5) is 2.70. The van der Waals surface area contributed by atoms with Crippen molar-refractivity contribution in [3.05, 3.63) is 0 Å². The third-order valence-corrected chi connectivity index (χ3v) is 4.82. The number of nitrogens with zero attached hydrogens (tertiary/aromatic N) is 1. The fourth-order valence-electron chi connectivity index (χ4n) is 2.99. The summed E-state index contributed by atoms with van der Waals surface area (Å²) < 4.78 is 0. The van der Waals surface area contributed by atoms with E-state index in [1.54, 1.807) is 0 Å². The van der Waals surface area contributed by atoms with Crippen molar-refractivity contribution in [2.45, 2.75) is 71.9 Å². The van der Waals surface area contributed by atoms with Gasteiger partial charge in [-0.3, -0.25) is 4.90 Å². The van der Waals surface area contributed by atoms with Gasteiger partial charge in [0, 0.05) is 31.2 Å². The SMILES string of the molecule is CCC(C)CC(C)N1CCNC(CC)(CC)C1. The fourth-order valence-corrected chi connectivity index (χ4v) is 2.99. The zero-order chi connectivity index (χ0) is 12.9. The third kappa shape index (κ3) is 3.96. The van der Waals surface area contributed by atoms with Crippen molar-refractivity contribution < 1.29 is 0 Å². The van der Waals surface area contributed by atoms with Crippen molar-refractivity contribution in [3.8, 4) is 0 Å². The van der Waals surface area contributed by atoms with Crippen LogP contribution in [-0.4, -0.2) is 36.1 Å². The quantitative estimate of drug-likeness (QED) is 0.766. The van der Waals surface area contributed by atoms with Gasteiger partial charge in [-0.25, -0.2) is 0 Å². The Morgan fingerprint density at radius 3 is 2.35 bits per heavy atom. The number of hydrogen-bond acceptors (Lipinski definition) is 2. The molecule has 1 aliphatic rings. The van der Waals surface area contributed by atoms with Gasteiger partial charge in [0.15, 0.2) is 0 Å². The van der Waals surface area contributed by atoms with Gasteiger partial charge in [0.05, 0.1) is 0 Å². The summed E-state index contributed by atoms with van der Waals surface area (Å²) in [7, 11) is 0. The first-order valence-corrected chi connectivity index (χ1v) is 7.56. The first kappa shape index (κ1) is 15.0. The molecule has 1 N–H and O–H groups in total. The predicted octanol–water partition coefficient (Wildman–Crippen LogP) is 3.28. The highest BCUT2D eigenvalue weighted by atomic mass is 15.2. The average Bonchev–Trinajstić information content (AvgIpc) is 2.38. The highest BCUT2D eigenvalue weighted by molar-refractivity contribution is 4.94. The minimum Gasteiger partial charge on any atom is -0.309 e. The van der Waals surface area contributed by atoms with E-state index in [4.69, 9.17) is 0 Å². The zero-order valence-corrected chi connectivity index (χ0v) is 12.6. The summed E-state index contributed by atoms with van der Waals surface area (Å²) in [6.07, 6.45) is 5.15. The average molecular weight is 240 g/mol. The Balaban J connectivity index is 2.53. The second kappa shape index (κ2) is 6.75. The molecule has 0 aromatic rings. The van der Waals surface area contributed by atoms with Gasteiger partial charge in [-0.1, -0.05) is 34.1 Å². The van der Waals surface area contributed by atoms with E-state index in [9.17, 15) is 0 Å². The van der Waals surface area contributed by atoms with E-state index in [-0.39, 0.29) is 0 Å². The van der Waals surface area contributed by atoms with Gasteiger partial charge in [0.2, 0.25) is 0 Å². The molecule has 2 atom stereocenters. The van der Waals surface area contributed by atoms with Crippen LogP contribution >= 0.6 is 0 Å². The lowest BCUT2D eigenvalue weighted by molar-refractivity contribution is 0.0822. The second-order valence-electron chi connectivity index (χ2n) is 5.98. The largest absolute Gasteiger partial charge is 0.309 e. The second-order valence-corrected chi connectivity index (χ2v) is 5.98. The topological polar surface area (TPSA) is 15.3 Å². The summed E-state index contributed by atoms with van der Waals surface area (Å²) in [5, 5.41) is 3.74. The molecule has 1 fully saturated rings. The zero-order valence-electron chi connectivity index (χ0n) is 12.6. The van der Waals surface area contributed by atoms with Gasteiger partial charge in [-0.15, -0.1) is 0 Å². The number of piperazine rings is 1. The van der Waals surface area contributed by atoms with Crippen molar-refractivity contribution in [2.75, 3.05) is 19.6 Å². The molecule has 0 saturated carbocycles. The monoisotopic (exact) mass is 240 g/mol. The Morgan fingerprint density at radius 2 is 1.82 bits per heavy atom. The Bertz CT molecular complexity index is 211. The van der Waals surface area contributed by atoms with Crippen LogP contribution in [0.4, 0.5) is 0 Å². The summed E-state index contributed by atoms with van der Waals surface area (Å²) in [5.41, 5.74) is 0.377. The highest BCUT2D eigenvalue weighted by Gasteiger charge is 2.33.